The maximum atomic E-state index is 13.9. The first-order valence-electron chi connectivity index (χ1n) is 28.5. The third kappa shape index (κ3) is 21.2. The quantitative estimate of drug-likeness (QED) is 0.0322. The van der Waals surface area contributed by atoms with Gasteiger partial charge in [0.15, 0.2) is 5.05 Å². The monoisotopic (exact) mass is 1090 g/mol. The predicted octanol–water partition coefficient (Wildman–Crippen LogP) is 15.9. The van der Waals surface area contributed by atoms with E-state index >= 15 is 0 Å². The summed E-state index contributed by atoms with van der Waals surface area (Å²) in [4.78, 5) is 41.8. The van der Waals surface area contributed by atoms with Crippen LogP contribution >= 0.6 is 12.2 Å². The van der Waals surface area contributed by atoms with Crippen LogP contribution in [0.5, 0.6) is 17.2 Å². The highest BCUT2D eigenvalue weighted by molar-refractivity contribution is 7.80. The van der Waals surface area contributed by atoms with Crippen LogP contribution < -0.4 is 0 Å². The maximum Gasteiger partial charge on any atom is 0.306 e. The summed E-state index contributed by atoms with van der Waals surface area (Å²) in [5.74, 6) is -0.740. The number of ether oxygens (including phenoxy) is 4. The van der Waals surface area contributed by atoms with Crippen LogP contribution in [0.15, 0.2) is 36.4 Å². The van der Waals surface area contributed by atoms with Crippen molar-refractivity contribution in [2.24, 2.45) is 5.41 Å². The van der Waals surface area contributed by atoms with E-state index in [2.05, 4.69) is 6.92 Å². The molecule has 432 valence electrons. The number of carbonyl (C=O) groups excluding carboxylic acids is 3. The number of thiocarbonyl (C=S) groups is 1. The Kier molecular flexibility index (Phi) is 23.8. The van der Waals surface area contributed by atoms with Crippen molar-refractivity contribution in [3.63, 3.8) is 0 Å². The van der Waals surface area contributed by atoms with Gasteiger partial charge in [-0.2, -0.15) is 0 Å². The van der Waals surface area contributed by atoms with E-state index in [0.717, 1.165) is 69.3 Å². The first kappa shape index (κ1) is 66.6. The van der Waals surface area contributed by atoms with Crippen LogP contribution in [0.2, 0.25) is 0 Å². The van der Waals surface area contributed by atoms with E-state index < -0.39 is 23.3 Å². The molecule has 0 saturated carbocycles. The number of esters is 3. The molecule has 0 unspecified atom stereocenters. The molecule has 0 saturated heterocycles. The van der Waals surface area contributed by atoms with Crippen LogP contribution in [0.4, 0.5) is 0 Å². The van der Waals surface area contributed by atoms with Crippen molar-refractivity contribution >= 4 is 35.2 Å². The fourth-order valence-electron chi connectivity index (χ4n) is 9.38. The average molecular weight is 1090 g/mol. The molecular formula is C66H102O10S. The highest BCUT2D eigenvalue weighted by Crippen LogP contribution is 2.43. The molecule has 0 aromatic heterocycles. The van der Waals surface area contributed by atoms with E-state index in [1.165, 1.54) is 25.7 Å². The summed E-state index contributed by atoms with van der Waals surface area (Å²) in [6.07, 6.45) is 9.35. The number of phenols is 3. The second-order valence-electron chi connectivity index (χ2n) is 28.1. The van der Waals surface area contributed by atoms with Gasteiger partial charge in [0.2, 0.25) is 0 Å². The van der Waals surface area contributed by atoms with Gasteiger partial charge in [0.1, 0.15) is 49.1 Å². The van der Waals surface area contributed by atoms with E-state index in [4.69, 9.17) is 31.2 Å². The smallest absolute Gasteiger partial charge is 0.306 e. The van der Waals surface area contributed by atoms with Crippen molar-refractivity contribution in [1.82, 2.24) is 0 Å². The average Bonchev–Trinajstić information content (AvgIpc) is 3.29. The lowest BCUT2D eigenvalue weighted by Crippen LogP contribution is -2.44. The van der Waals surface area contributed by atoms with E-state index in [9.17, 15) is 29.7 Å². The first-order chi connectivity index (χ1) is 35.3. The standard InChI is InChI=1S/C66H102O10S/c1-20-21-22-23-24-25-26-27-56(77)76-43-66(40-73-53(67)31-28-44-34-47(60(2,3)4)57(70)48(35-44)61(5,6)7,41-74-54(68)32-29-45-36-49(62(8,9)10)58(71)50(37-45)63(11,12)13)42-75-55(69)33-30-46-38-51(64(14,15)16)59(72)52(39-46)65(17,18)19/h34-39,70-72H,20-33,40-43H2,1-19H3. The van der Waals surface area contributed by atoms with Gasteiger partial charge in [-0.05, 0) is 120 Å². The van der Waals surface area contributed by atoms with Gasteiger partial charge in [-0.3, -0.25) is 14.4 Å². The molecule has 3 N–H and O–H groups in total. The van der Waals surface area contributed by atoms with Crippen molar-refractivity contribution in [3.8, 4) is 17.2 Å². The summed E-state index contributed by atoms with van der Waals surface area (Å²) >= 11 is 5.78. The molecule has 11 heteroatoms. The molecule has 77 heavy (non-hydrogen) atoms. The predicted molar refractivity (Wildman–Crippen MR) is 318 cm³/mol. The van der Waals surface area contributed by atoms with Crippen molar-refractivity contribution in [2.45, 2.75) is 254 Å². The summed E-state index contributed by atoms with van der Waals surface area (Å²) in [6.45, 7) is 38.0. The molecule has 0 heterocycles. The molecule has 0 aliphatic carbocycles. The summed E-state index contributed by atoms with van der Waals surface area (Å²) in [7, 11) is 0. The number of benzene rings is 3. The van der Waals surface area contributed by atoms with Crippen LogP contribution in [0.3, 0.4) is 0 Å². The second-order valence-corrected chi connectivity index (χ2v) is 28.6. The number of aromatic hydroxyl groups is 3. The third-order valence-electron chi connectivity index (χ3n) is 14.4. The number of phenolic OH excluding ortho intramolecular Hbond substituents is 3. The van der Waals surface area contributed by atoms with Crippen molar-refractivity contribution in [1.29, 1.82) is 0 Å². The molecule has 10 nitrogen and oxygen atoms in total. The third-order valence-corrected chi connectivity index (χ3v) is 14.7. The van der Waals surface area contributed by atoms with Crippen LogP contribution in [0, 0.1) is 5.41 Å². The fourth-order valence-corrected chi connectivity index (χ4v) is 9.59. The van der Waals surface area contributed by atoms with E-state index in [-0.39, 0.29) is 95.4 Å². The van der Waals surface area contributed by atoms with E-state index in [1.54, 1.807) is 0 Å². The van der Waals surface area contributed by atoms with Crippen LogP contribution in [0.1, 0.15) is 252 Å². The summed E-state index contributed by atoms with van der Waals surface area (Å²) in [6, 6.07) is 11.7. The number of hydrogen-bond acceptors (Lipinski definition) is 11. The van der Waals surface area contributed by atoms with Gasteiger partial charge in [0.25, 0.3) is 0 Å². The van der Waals surface area contributed by atoms with Crippen molar-refractivity contribution in [2.75, 3.05) is 26.4 Å². The minimum Gasteiger partial charge on any atom is -0.507 e. The van der Waals surface area contributed by atoms with Gasteiger partial charge >= 0.3 is 17.9 Å². The summed E-state index contributed by atoms with van der Waals surface area (Å²) in [5, 5.41) is 34.5. The van der Waals surface area contributed by atoms with Gasteiger partial charge in [0, 0.05) is 25.7 Å². The number of carbonyl (C=O) groups is 3. The molecule has 0 radical (unpaired) electrons. The lowest BCUT2D eigenvalue weighted by molar-refractivity contribution is -0.164. The Balaban J connectivity index is 2.01. The van der Waals surface area contributed by atoms with Crippen LogP contribution in [-0.2, 0) is 85.1 Å². The Labute approximate surface area is 471 Å². The SMILES string of the molecule is CCCCCCCCCC(=S)OCC(COC(=O)CCc1cc(C(C)(C)C)c(O)c(C(C)(C)C)c1)(COC(=O)CCc1cc(C(C)(C)C)c(O)c(C(C)(C)C)c1)COC(=O)CCc1cc(C(C)(C)C)c(O)c(C(C)(C)C)c1. The molecule has 0 aliphatic rings. The molecule has 3 aromatic carbocycles. The highest BCUT2D eigenvalue weighted by Gasteiger charge is 2.38. The largest absolute Gasteiger partial charge is 0.507 e. The Bertz CT molecular complexity index is 2110. The Morgan fingerprint density at radius 3 is 0.857 bits per heavy atom. The summed E-state index contributed by atoms with van der Waals surface area (Å²) in [5.41, 5.74) is 3.97. The molecule has 0 atom stereocenters. The molecule has 3 aromatic rings. The Hall–Kier alpha value is -4.64. The first-order valence-corrected chi connectivity index (χ1v) is 28.9. The molecule has 0 aliphatic heterocycles. The van der Waals surface area contributed by atoms with E-state index in [1.807, 2.05) is 161 Å². The molecule has 0 fully saturated rings. The zero-order chi connectivity index (χ0) is 58.5. The molecule has 3 rings (SSSR count). The highest BCUT2D eigenvalue weighted by atomic mass is 32.1. The number of hydrogen-bond donors (Lipinski definition) is 3. The Morgan fingerprint density at radius 2 is 0.610 bits per heavy atom. The summed E-state index contributed by atoms with van der Waals surface area (Å²) < 4.78 is 24.7. The number of unbranched alkanes of at least 4 members (excludes halogenated alkanes) is 6. The lowest BCUT2D eigenvalue weighted by atomic mass is 9.78. The number of rotatable bonds is 25. The van der Waals surface area contributed by atoms with Gasteiger partial charge in [0.05, 0.1) is 0 Å². The second kappa shape index (κ2) is 27.5. The molecular weight excluding hydrogens is 985 g/mol. The van der Waals surface area contributed by atoms with Crippen molar-refractivity contribution < 1.29 is 48.7 Å². The lowest BCUT2D eigenvalue weighted by Gasteiger charge is -2.32. The van der Waals surface area contributed by atoms with E-state index in [0.29, 0.717) is 30.7 Å². The van der Waals surface area contributed by atoms with Gasteiger partial charge in [-0.25, -0.2) is 0 Å². The maximum absolute atomic E-state index is 13.9. The molecule has 0 bridgehead atoms. The zero-order valence-electron chi connectivity index (χ0n) is 51.3. The number of aryl methyl sites for hydroxylation is 3. The minimum absolute atomic E-state index is 0.0184. The topological polar surface area (TPSA) is 149 Å². The molecule has 0 spiro atoms. The van der Waals surface area contributed by atoms with Gasteiger partial charge in [-0.15, -0.1) is 0 Å². The Morgan fingerprint density at radius 1 is 0.377 bits per heavy atom. The van der Waals surface area contributed by atoms with Gasteiger partial charge < -0.3 is 34.3 Å². The molecule has 0 amide bonds. The normalized spacial score (nSPS) is 12.9. The zero-order valence-corrected chi connectivity index (χ0v) is 52.1. The van der Waals surface area contributed by atoms with Crippen molar-refractivity contribution in [3.05, 3.63) is 86.5 Å². The van der Waals surface area contributed by atoms with Crippen LogP contribution in [-0.4, -0.2) is 64.7 Å². The fraction of sp³-hybridized carbons (Fsp3) is 0.667. The van der Waals surface area contributed by atoms with Crippen LogP contribution in [0.25, 0.3) is 0 Å². The van der Waals surface area contributed by atoms with Gasteiger partial charge in [-0.1, -0.05) is 206 Å². The minimum atomic E-state index is -1.35.